The van der Waals surface area contributed by atoms with Gasteiger partial charge in [0, 0.05) is 12.5 Å². The summed E-state index contributed by atoms with van der Waals surface area (Å²) in [6, 6.07) is 3.88. The van der Waals surface area contributed by atoms with E-state index in [0.29, 0.717) is 5.56 Å². The van der Waals surface area contributed by atoms with Gasteiger partial charge < -0.3 is 5.11 Å². The summed E-state index contributed by atoms with van der Waals surface area (Å²) in [6.45, 7) is 2.46. The molecule has 0 amide bonds. The Balaban J connectivity index is 3.14. The average molecular weight is 172 g/mol. The molecule has 0 unspecified atom stereocenters. The van der Waals surface area contributed by atoms with Crippen molar-refractivity contribution in [3.8, 4) is 5.75 Å². The molecule has 1 aromatic rings. The Hall–Kier alpha value is -1.12. The standard InChI is InChI=1S/C9H10F2O/c1-6-3-4-7(5-8(6)12)9(2,10)11/h3-5,12H,1-2H3. The number of phenols is 1. The van der Waals surface area contributed by atoms with Gasteiger partial charge in [0.25, 0.3) is 5.92 Å². The zero-order valence-corrected chi connectivity index (χ0v) is 6.94. The maximum atomic E-state index is 12.7. The molecular weight excluding hydrogens is 162 g/mol. The number of alkyl halides is 2. The molecule has 1 rings (SSSR count). The van der Waals surface area contributed by atoms with E-state index < -0.39 is 5.92 Å². The van der Waals surface area contributed by atoms with Crippen molar-refractivity contribution in [1.29, 1.82) is 0 Å². The van der Waals surface area contributed by atoms with E-state index in [4.69, 9.17) is 5.11 Å². The van der Waals surface area contributed by atoms with Crippen molar-refractivity contribution in [3.05, 3.63) is 29.3 Å². The highest BCUT2D eigenvalue weighted by atomic mass is 19.3. The van der Waals surface area contributed by atoms with Gasteiger partial charge in [0.1, 0.15) is 5.75 Å². The Morgan fingerprint density at radius 1 is 1.33 bits per heavy atom. The molecule has 1 aromatic carbocycles. The highest BCUT2D eigenvalue weighted by Gasteiger charge is 2.24. The van der Waals surface area contributed by atoms with Crippen molar-refractivity contribution in [1.82, 2.24) is 0 Å². The van der Waals surface area contributed by atoms with Crippen molar-refractivity contribution >= 4 is 0 Å². The van der Waals surface area contributed by atoms with Gasteiger partial charge in [0.2, 0.25) is 0 Å². The second-order valence-electron chi connectivity index (χ2n) is 2.89. The van der Waals surface area contributed by atoms with Crippen LogP contribution in [0.5, 0.6) is 5.75 Å². The molecule has 0 bridgehead atoms. The number of hydrogen-bond acceptors (Lipinski definition) is 1. The predicted octanol–water partition coefficient (Wildman–Crippen LogP) is 2.81. The van der Waals surface area contributed by atoms with E-state index >= 15 is 0 Å². The molecule has 0 aliphatic heterocycles. The molecular formula is C9H10F2O. The van der Waals surface area contributed by atoms with Gasteiger partial charge in [-0.25, -0.2) is 8.78 Å². The first-order valence-corrected chi connectivity index (χ1v) is 3.59. The third-order valence-corrected chi connectivity index (χ3v) is 1.72. The fraction of sp³-hybridized carbons (Fsp3) is 0.333. The number of aromatic hydroxyl groups is 1. The fourth-order valence-electron chi connectivity index (χ4n) is 0.882. The van der Waals surface area contributed by atoms with E-state index in [1.54, 1.807) is 6.92 Å². The Kier molecular flexibility index (Phi) is 2.04. The number of aryl methyl sites for hydroxylation is 1. The summed E-state index contributed by atoms with van der Waals surface area (Å²) in [7, 11) is 0. The van der Waals surface area contributed by atoms with E-state index in [-0.39, 0.29) is 11.3 Å². The molecule has 0 aromatic heterocycles. The van der Waals surface area contributed by atoms with Gasteiger partial charge in [0.15, 0.2) is 0 Å². The molecule has 0 aliphatic rings. The normalized spacial score (nSPS) is 11.7. The van der Waals surface area contributed by atoms with Gasteiger partial charge in [-0.3, -0.25) is 0 Å². The lowest BCUT2D eigenvalue weighted by Crippen LogP contribution is -2.06. The first kappa shape index (κ1) is 8.97. The highest BCUT2D eigenvalue weighted by molar-refractivity contribution is 5.36. The summed E-state index contributed by atoms with van der Waals surface area (Å²) in [5, 5.41) is 9.13. The van der Waals surface area contributed by atoms with E-state index in [1.165, 1.54) is 12.1 Å². The molecule has 3 heteroatoms. The Morgan fingerprint density at radius 3 is 2.33 bits per heavy atom. The van der Waals surface area contributed by atoms with Gasteiger partial charge in [-0.1, -0.05) is 12.1 Å². The van der Waals surface area contributed by atoms with Crippen molar-refractivity contribution in [3.63, 3.8) is 0 Å². The summed E-state index contributed by atoms with van der Waals surface area (Å²) >= 11 is 0. The van der Waals surface area contributed by atoms with Crippen LogP contribution in [0.1, 0.15) is 18.1 Å². The SMILES string of the molecule is Cc1ccc(C(C)(F)F)cc1O. The Labute approximate surface area is 69.7 Å². The summed E-state index contributed by atoms with van der Waals surface area (Å²) in [5.41, 5.74) is 0.439. The number of benzene rings is 1. The quantitative estimate of drug-likeness (QED) is 0.690. The van der Waals surface area contributed by atoms with Crippen molar-refractivity contribution in [2.75, 3.05) is 0 Å². The van der Waals surface area contributed by atoms with Crippen LogP contribution in [-0.4, -0.2) is 5.11 Å². The van der Waals surface area contributed by atoms with Crippen LogP contribution in [0.2, 0.25) is 0 Å². The molecule has 66 valence electrons. The minimum atomic E-state index is -2.88. The Bertz CT molecular complexity index is 289. The van der Waals surface area contributed by atoms with Crippen LogP contribution in [0.15, 0.2) is 18.2 Å². The topological polar surface area (TPSA) is 20.2 Å². The smallest absolute Gasteiger partial charge is 0.270 e. The molecule has 0 saturated heterocycles. The number of hydrogen-bond donors (Lipinski definition) is 1. The van der Waals surface area contributed by atoms with E-state index in [2.05, 4.69) is 0 Å². The van der Waals surface area contributed by atoms with Crippen LogP contribution < -0.4 is 0 Å². The molecule has 0 heterocycles. The highest BCUT2D eigenvalue weighted by Crippen LogP contribution is 2.30. The number of halogens is 2. The van der Waals surface area contributed by atoms with E-state index in [0.717, 1.165) is 13.0 Å². The van der Waals surface area contributed by atoms with Crippen molar-refractivity contribution in [2.24, 2.45) is 0 Å². The molecule has 0 aliphatic carbocycles. The minimum absolute atomic E-state index is 0.0889. The van der Waals surface area contributed by atoms with Gasteiger partial charge in [-0.2, -0.15) is 0 Å². The summed E-state index contributed by atoms with van der Waals surface area (Å²) < 4.78 is 25.3. The van der Waals surface area contributed by atoms with E-state index in [1.807, 2.05) is 0 Å². The van der Waals surface area contributed by atoms with Crippen LogP contribution in [0.25, 0.3) is 0 Å². The first-order chi connectivity index (χ1) is 5.41. The summed E-state index contributed by atoms with van der Waals surface area (Å²) in [4.78, 5) is 0. The van der Waals surface area contributed by atoms with Gasteiger partial charge >= 0.3 is 0 Å². The van der Waals surface area contributed by atoms with Gasteiger partial charge in [-0.15, -0.1) is 0 Å². The second-order valence-corrected chi connectivity index (χ2v) is 2.89. The van der Waals surface area contributed by atoms with E-state index in [9.17, 15) is 8.78 Å². The molecule has 0 atom stereocenters. The molecule has 0 fully saturated rings. The monoisotopic (exact) mass is 172 g/mol. The minimum Gasteiger partial charge on any atom is -0.508 e. The first-order valence-electron chi connectivity index (χ1n) is 3.59. The third-order valence-electron chi connectivity index (χ3n) is 1.72. The van der Waals surface area contributed by atoms with Crippen LogP contribution in [0.4, 0.5) is 8.78 Å². The van der Waals surface area contributed by atoms with Crippen molar-refractivity contribution < 1.29 is 13.9 Å². The zero-order valence-electron chi connectivity index (χ0n) is 6.94. The number of rotatable bonds is 1. The third kappa shape index (κ3) is 1.72. The lowest BCUT2D eigenvalue weighted by molar-refractivity contribution is 0.0172. The molecule has 1 nitrogen and oxygen atoms in total. The molecule has 0 saturated carbocycles. The lowest BCUT2D eigenvalue weighted by atomic mass is 10.1. The number of phenolic OH excluding ortho intramolecular Hbond substituents is 1. The predicted molar refractivity (Wildman–Crippen MR) is 42.4 cm³/mol. The lowest BCUT2D eigenvalue weighted by Gasteiger charge is -2.11. The van der Waals surface area contributed by atoms with Gasteiger partial charge in [-0.05, 0) is 18.6 Å². The maximum Gasteiger partial charge on any atom is 0.270 e. The summed E-state index contributed by atoms with van der Waals surface area (Å²) in [5.74, 6) is -2.97. The fourth-order valence-corrected chi connectivity index (χ4v) is 0.882. The average Bonchev–Trinajstić information content (AvgIpc) is 1.92. The molecule has 12 heavy (non-hydrogen) atoms. The van der Waals surface area contributed by atoms with Crippen LogP contribution in [-0.2, 0) is 5.92 Å². The molecule has 0 radical (unpaired) electrons. The zero-order chi connectivity index (χ0) is 9.35. The largest absolute Gasteiger partial charge is 0.508 e. The molecule has 1 N–H and O–H groups in total. The molecule has 0 spiro atoms. The maximum absolute atomic E-state index is 12.7. The Morgan fingerprint density at radius 2 is 1.92 bits per heavy atom. The van der Waals surface area contributed by atoms with Gasteiger partial charge in [0.05, 0.1) is 0 Å². The van der Waals surface area contributed by atoms with Crippen LogP contribution in [0.3, 0.4) is 0 Å². The van der Waals surface area contributed by atoms with Crippen molar-refractivity contribution in [2.45, 2.75) is 19.8 Å². The van der Waals surface area contributed by atoms with Crippen LogP contribution >= 0.6 is 0 Å². The second kappa shape index (κ2) is 2.73. The van der Waals surface area contributed by atoms with Crippen LogP contribution in [0, 0.1) is 6.92 Å². The summed E-state index contributed by atoms with van der Waals surface area (Å²) in [6.07, 6.45) is 0.